The van der Waals surface area contributed by atoms with Crippen LogP contribution in [0.5, 0.6) is 0 Å². The Kier molecular flexibility index (Phi) is 4.12. The van der Waals surface area contributed by atoms with E-state index in [1.807, 2.05) is 73.6 Å². The van der Waals surface area contributed by atoms with Crippen LogP contribution in [0.2, 0.25) is 0 Å². The molecule has 27 heavy (non-hydrogen) atoms. The summed E-state index contributed by atoms with van der Waals surface area (Å²) < 4.78 is 1.72. The lowest BCUT2D eigenvalue weighted by molar-refractivity contribution is -0.132. The highest BCUT2D eigenvalue weighted by atomic mass is 16.4. The van der Waals surface area contributed by atoms with Crippen molar-refractivity contribution in [1.82, 2.24) is 14.8 Å². The fourth-order valence-electron chi connectivity index (χ4n) is 3.03. The number of hydrogen-bond donors (Lipinski definition) is 2. The Morgan fingerprint density at radius 3 is 2.44 bits per heavy atom. The van der Waals surface area contributed by atoms with Crippen LogP contribution in [0.4, 0.5) is 11.6 Å². The number of allylic oxidation sites excluding steroid dienone is 1. The molecule has 4 rings (SSSR count). The van der Waals surface area contributed by atoms with Gasteiger partial charge in [0.1, 0.15) is 11.7 Å². The van der Waals surface area contributed by atoms with Crippen molar-refractivity contribution < 1.29 is 9.90 Å². The molecule has 0 spiro atoms. The summed E-state index contributed by atoms with van der Waals surface area (Å²) in [6.45, 7) is 0. The van der Waals surface area contributed by atoms with E-state index >= 15 is 0 Å². The first-order valence-corrected chi connectivity index (χ1v) is 8.54. The van der Waals surface area contributed by atoms with Gasteiger partial charge in [-0.2, -0.15) is 4.98 Å². The van der Waals surface area contributed by atoms with Crippen LogP contribution in [-0.4, -0.2) is 39.9 Å². The molecule has 0 aliphatic carbocycles. The molecule has 2 heterocycles. The molecule has 0 saturated carbocycles. The van der Waals surface area contributed by atoms with Gasteiger partial charge < -0.3 is 15.3 Å². The third-order valence-corrected chi connectivity index (χ3v) is 4.48. The van der Waals surface area contributed by atoms with Gasteiger partial charge in [-0.25, -0.2) is 9.48 Å². The van der Waals surface area contributed by atoms with Gasteiger partial charge in [0.25, 0.3) is 0 Å². The molecule has 0 fully saturated rings. The number of aliphatic carboxylic acids is 1. The predicted molar refractivity (Wildman–Crippen MR) is 104 cm³/mol. The van der Waals surface area contributed by atoms with Crippen LogP contribution in [-0.2, 0) is 4.79 Å². The molecule has 0 unspecified atom stereocenters. The molecule has 3 aromatic rings. The number of hydrogen-bond acceptors (Lipinski definition) is 5. The van der Waals surface area contributed by atoms with Crippen LogP contribution in [0.25, 0.3) is 11.4 Å². The first-order chi connectivity index (χ1) is 13.0. The van der Waals surface area contributed by atoms with Gasteiger partial charge in [-0.15, -0.1) is 5.10 Å². The Morgan fingerprint density at radius 2 is 1.81 bits per heavy atom. The maximum absolute atomic E-state index is 11.6. The highest BCUT2D eigenvalue weighted by molar-refractivity contribution is 5.90. The SMILES string of the molecule is CN(C)c1ccc([C@@H]2C=C(C(=O)O)Nc3nc(-c4ccccc4)nn32)cc1. The minimum absolute atomic E-state index is 0.0937. The molecule has 136 valence electrons. The fraction of sp³-hybridized carbons (Fsp3) is 0.150. The Morgan fingerprint density at radius 1 is 1.11 bits per heavy atom. The lowest BCUT2D eigenvalue weighted by Crippen LogP contribution is -2.24. The summed E-state index contributed by atoms with van der Waals surface area (Å²) in [7, 11) is 3.95. The molecule has 0 saturated heterocycles. The summed E-state index contributed by atoms with van der Waals surface area (Å²) in [5, 5.41) is 17.0. The van der Waals surface area contributed by atoms with E-state index in [-0.39, 0.29) is 11.7 Å². The number of carboxylic acid groups (broad SMARTS) is 1. The third-order valence-electron chi connectivity index (χ3n) is 4.48. The van der Waals surface area contributed by atoms with E-state index in [2.05, 4.69) is 15.4 Å². The van der Waals surface area contributed by atoms with Gasteiger partial charge >= 0.3 is 5.97 Å². The van der Waals surface area contributed by atoms with Crippen LogP contribution in [0.15, 0.2) is 66.4 Å². The van der Waals surface area contributed by atoms with E-state index < -0.39 is 5.97 Å². The molecule has 0 bridgehead atoms. The van der Waals surface area contributed by atoms with Gasteiger partial charge in [0, 0.05) is 25.3 Å². The van der Waals surface area contributed by atoms with Crippen molar-refractivity contribution in [2.75, 3.05) is 24.3 Å². The second kappa shape index (κ2) is 6.60. The Hall–Kier alpha value is -3.61. The Labute approximate surface area is 156 Å². The number of carboxylic acids is 1. The van der Waals surface area contributed by atoms with Crippen LogP contribution >= 0.6 is 0 Å². The molecule has 7 nitrogen and oxygen atoms in total. The van der Waals surface area contributed by atoms with Crippen LogP contribution in [0.1, 0.15) is 11.6 Å². The van der Waals surface area contributed by atoms with E-state index in [4.69, 9.17) is 0 Å². The molecule has 1 aliphatic rings. The van der Waals surface area contributed by atoms with E-state index in [1.54, 1.807) is 10.8 Å². The molecule has 2 N–H and O–H groups in total. The number of nitrogens with zero attached hydrogens (tertiary/aromatic N) is 4. The second-order valence-corrected chi connectivity index (χ2v) is 6.51. The largest absolute Gasteiger partial charge is 0.477 e. The van der Waals surface area contributed by atoms with Gasteiger partial charge in [0.15, 0.2) is 5.82 Å². The van der Waals surface area contributed by atoms with Crippen molar-refractivity contribution in [1.29, 1.82) is 0 Å². The molecule has 7 heteroatoms. The molecular formula is C20H19N5O2. The summed E-state index contributed by atoms with van der Waals surface area (Å²) in [6, 6.07) is 17.2. The minimum Gasteiger partial charge on any atom is -0.477 e. The lowest BCUT2D eigenvalue weighted by atomic mass is 10.0. The van der Waals surface area contributed by atoms with E-state index in [1.165, 1.54) is 0 Å². The van der Waals surface area contributed by atoms with E-state index in [0.29, 0.717) is 11.8 Å². The van der Waals surface area contributed by atoms with Crippen molar-refractivity contribution in [3.05, 3.63) is 71.9 Å². The van der Waals surface area contributed by atoms with Crippen molar-refractivity contribution in [3.63, 3.8) is 0 Å². The smallest absolute Gasteiger partial charge is 0.352 e. The van der Waals surface area contributed by atoms with Gasteiger partial charge in [0.2, 0.25) is 5.95 Å². The van der Waals surface area contributed by atoms with Crippen molar-refractivity contribution in [2.24, 2.45) is 0 Å². The van der Waals surface area contributed by atoms with Gasteiger partial charge in [-0.1, -0.05) is 42.5 Å². The number of fused-ring (bicyclic) bond motifs is 1. The number of benzene rings is 2. The lowest BCUT2D eigenvalue weighted by Gasteiger charge is -2.23. The molecule has 0 radical (unpaired) electrons. The summed E-state index contributed by atoms with van der Waals surface area (Å²) in [6.07, 6.45) is 1.66. The first-order valence-electron chi connectivity index (χ1n) is 8.54. The average Bonchev–Trinajstić information content (AvgIpc) is 3.12. The Bertz CT molecular complexity index is 1010. The van der Waals surface area contributed by atoms with Crippen LogP contribution < -0.4 is 10.2 Å². The third kappa shape index (κ3) is 3.15. The average molecular weight is 361 g/mol. The number of carbonyl (C=O) groups is 1. The summed E-state index contributed by atoms with van der Waals surface area (Å²) in [5.74, 6) is -0.0658. The summed E-state index contributed by atoms with van der Waals surface area (Å²) in [4.78, 5) is 18.1. The minimum atomic E-state index is -1.03. The molecule has 1 aliphatic heterocycles. The standard InChI is InChI=1S/C20H19N5O2/c1-24(2)15-10-8-13(9-11-15)17-12-16(19(26)27)21-20-22-18(23-25(17)20)14-6-4-3-5-7-14/h3-12,17H,1-2H3,(H,26,27)(H,21,22,23)/t17-/m0/s1. The zero-order chi connectivity index (χ0) is 19.0. The maximum atomic E-state index is 11.6. The van der Waals surface area contributed by atoms with E-state index in [9.17, 15) is 9.90 Å². The predicted octanol–water partition coefficient (Wildman–Crippen LogP) is 2.99. The molecular weight excluding hydrogens is 342 g/mol. The van der Waals surface area contributed by atoms with Crippen molar-refractivity contribution >= 4 is 17.6 Å². The number of aromatic nitrogens is 3. The quantitative estimate of drug-likeness (QED) is 0.743. The van der Waals surface area contributed by atoms with Crippen molar-refractivity contribution in [2.45, 2.75) is 6.04 Å². The molecule has 0 amide bonds. The highest BCUT2D eigenvalue weighted by Crippen LogP contribution is 2.31. The number of rotatable bonds is 4. The molecule has 1 atom stereocenters. The number of anilines is 2. The number of nitrogens with one attached hydrogen (secondary N) is 1. The summed E-state index contributed by atoms with van der Waals surface area (Å²) >= 11 is 0. The second-order valence-electron chi connectivity index (χ2n) is 6.51. The highest BCUT2D eigenvalue weighted by Gasteiger charge is 2.27. The van der Waals surface area contributed by atoms with Gasteiger partial charge in [0.05, 0.1) is 0 Å². The first kappa shape index (κ1) is 16.8. The van der Waals surface area contributed by atoms with Crippen LogP contribution in [0.3, 0.4) is 0 Å². The topological polar surface area (TPSA) is 83.3 Å². The van der Waals surface area contributed by atoms with E-state index in [0.717, 1.165) is 16.8 Å². The van der Waals surface area contributed by atoms with Crippen LogP contribution in [0, 0.1) is 0 Å². The van der Waals surface area contributed by atoms with Gasteiger partial charge in [-0.05, 0) is 23.8 Å². The maximum Gasteiger partial charge on any atom is 0.352 e. The normalized spacial score (nSPS) is 15.5. The van der Waals surface area contributed by atoms with Gasteiger partial charge in [-0.3, -0.25) is 0 Å². The van der Waals surface area contributed by atoms with Crippen molar-refractivity contribution in [3.8, 4) is 11.4 Å². The monoisotopic (exact) mass is 361 g/mol. The zero-order valence-electron chi connectivity index (χ0n) is 15.0. The molecule has 1 aromatic heterocycles. The summed E-state index contributed by atoms with van der Waals surface area (Å²) in [5.41, 5.74) is 2.97. The molecule has 2 aromatic carbocycles. The Balaban J connectivity index is 1.79. The fourth-order valence-corrected chi connectivity index (χ4v) is 3.03. The zero-order valence-corrected chi connectivity index (χ0v) is 15.0.